The summed E-state index contributed by atoms with van der Waals surface area (Å²) in [6.45, 7) is 7.88. The first-order valence-corrected chi connectivity index (χ1v) is 6.69. The number of nitrogens with one attached hydrogen (secondary N) is 1. The summed E-state index contributed by atoms with van der Waals surface area (Å²) >= 11 is 0. The molecule has 0 saturated heterocycles. The third kappa shape index (κ3) is 3.68. The van der Waals surface area contributed by atoms with Crippen LogP contribution in [0.2, 0.25) is 0 Å². The maximum Gasteiger partial charge on any atom is 0.0644 e. The van der Waals surface area contributed by atoms with Crippen molar-refractivity contribution in [3.8, 4) is 0 Å². The first-order chi connectivity index (χ1) is 8.61. The molecule has 0 radical (unpaired) electrons. The molecule has 0 aliphatic rings. The minimum Gasteiger partial charge on any atom is -0.272 e. The molecule has 0 saturated carbocycles. The van der Waals surface area contributed by atoms with E-state index in [9.17, 15) is 0 Å². The van der Waals surface area contributed by atoms with E-state index in [4.69, 9.17) is 5.84 Å². The Bertz CT molecular complexity index is 381. The molecule has 18 heavy (non-hydrogen) atoms. The summed E-state index contributed by atoms with van der Waals surface area (Å²) in [6.07, 6.45) is 7.76. The fraction of sp³-hybridized carbons (Fsp3) is 0.643. The third-order valence-corrected chi connectivity index (χ3v) is 3.52. The highest BCUT2D eigenvalue weighted by atomic mass is 15.3. The SMILES string of the molecule is C=CCCCCCC(NN)c1c(C)nn(C)c1C. The standard InChI is InChI=1S/C14H26N4/c1-5-6-7-8-9-10-13(16-15)14-11(2)17-18(4)12(14)3/h5,13,16H,1,6-10,15H2,2-4H3. The Labute approximate surface area is 110 Å². The molecule has 4 heteroatoms. The summed E-state index contributed by atoms with van der Waals surface area (Å²) in [4.78, 5) is 0. The van der Waals surface area contributed by atoms with Crippen LogP contribution in [0.4, 0.5) is 0 Å². The van der Waals surface area contributed by atoms with Gasteiger partial charge in [0.15, 0.2) is 0 Å². The highest BCUT2D eigenvalue weighted by molar-refractivity contribution is 5.27. The number of allylic oxidation sites excluding steroid dienone is 1. The average Bonchev–Trinajstić information content (AvgIpc) is 2.59. The monoisotopic (exact) mass is 250 g/mol. The molecule has 0 aliphatic heterocycles. The van der Waals surface area contributed by atoms with Crippen molar-refractivity contribution in [2.45, 2.75) is 52.0 Å². The van der Waals surface area contributed by atoms with E-state index < -0.39 is 0 Å². The first kappa shape index (κ1) is 14.9. The van der Waals surface area contributed by atoms with Gasteiger partial charge < -0.3 is 0 Å². The van der Waals surface area contributed by atoms with Gasteiger partial charge in [0.05, 0.1) is 5.69 Å². The van der Waals surface area contributed by atoms with E-state index in [0.29, 0.717) is 0 Å². The second-order valence-corrected chi connectivity index (χ2v) is 4.85. The van der Waals surface area contributed by atoms with Crippen LogP contribution in [0.1, 0.15) is 55.1 Å². The molecular formula is C14H26N4. The molecule has 0 spiro atoms. The molecule has 1 heterocycles. The van der Waals surface area contributed by atoms with E-state index in [1.165, 1.54) is 30.5 Å². The summed E-state index contributed by atoms with van der Waals surface area (Å²) in [6, 6.07) is 0.211. The molecule has 1 aromatic heterocycles. The van der Waals surface area contributed by atoms with E-state index in [2.05, 4.69) is 24.0 Å². The predicted octanol–water partition coefficient (Wildman–Crippen LogP) is 2.68. The maximum atomic E-state index is 5.69. The molecule has 102 valence electrons. The van der Waals surface area contributed by atoms with Gasteiger partial charge in [0.2, 0.25) is 0 Å². The third-order valence-electron chi connectivity index (χ3n) is 3.52. The number of hydrogen-bond acceptors (Lipinski definition) is 3. The zero-order chi connectivity index (χ0) is 13.5. The van der Waals surface area contributed by atoms with Crippen molar-refractivity contribution in [3.05, 3.63) is 29.6 Å². The van der Waals surface area contributed by atoms with E-state index in [0.717, 1.165) is 18.5 Å². The molecule has 0 fully saturated rings. The van der Waals surface area contributed by atoms with Gasteiger partial charge >= 0.3 is 0 Å². The summed E-state index contributed by atoms with van der Waals surface area (Å²) in [5.74, 6) is 5.69. The molecule has 1 rings (SSSR count). The quantitative estimate of drug-likeness (QED) is 0.323. The number of nitrogens with two attached hydrogens (primary N) is 1. The van der Waals surface area contributed by atoms with Crippen molar-refractivity contribution < 1.29 is 0 Å². The summed E-state index contributed by atoms with van der Waals surface area (Å²) in [7, 11) is 1.98. The fourth-order valence-electron chi connectivity index (χ4n) is 2.42. The number of nitrogens with zero attached hydrogens (tertiary/aromatic N) is 2. The predicted molar refractivity (Wildman–Crippen MR) is 76.0 cm³/mol. The molecule has 1 aromatic rings. The van der Waals surface area contributed by atoms with E-state index in [-0.39, 0.29) is 6.04 Å². The van der Waals surface area contributed by atoms with Gasteiger partial charge in [-0.3, -0.25) is 16.0 Å². The van der Waals surface area contributed by atoms with E-state index in [1.54, 1.807) is 0 Å². The molecule has 1 unspecified atom stereocenters. The van der Waals surface area contributed by atoms with Crippen LogP contribution in [0.15, 0.2) is 12.7 Å². The molecule has 0 bridgehead atoms. The molecular weight excluding hydrogens is 224 g/mol. The highest BCUT2D eigenvalue weighted by Gasteiger charge is 2.18. The maximum absolute atomic E-state index is 5.69. The average molecular weight is 250 g/mol. The van der Waals surface area contributed by atoms with Crippen LogP contribution in [0.5, 0.6) is 0 Å². The number of unbranched alkanes of at least 4 members (excludes halogenated alkanes) is 3. The lowest BCUT2D eigenvalue weighted by molar-refractivity contribution is 0.480. The zero-order valence-corrected chi connectivity index (χ0v) is 11.9. The minimum atomic E-state index is 0.211. The summed E-state index contributed by atoms with van der Waals surface area (Å²) < 4.78 is 1.92. The van der Waals surface area contributed by atoms with Crippen molar-refractivity contribution in [1.29, 1.82) is 0 Å². The van der Waals surface area contributed by atoms with Crippen molar-refractivity contribution >= 4 is 0 Å². The van der Waals surface area contributed by atoms with Crippen LogP contribution in [-0.4, -0.2) is 9.78 Å². The van der Waals surface area contributed by atoms with Crippen molar-refractivity contribution in [3.63, 3.8) is 0 Å². The largest absolute Gasteiger partial charge is 0.272 e. The second-order valence-electron chi connectivity index (χ2n) is 4.85. The number of hydrogen-bond donors (Lipinski definition) is 2. The normalized spacial score (nSPS) is 12.7. The van der Waals surface area contributed by atoms with Gasteiger partial charge in [0, 0.05) is 24.3 Å². The number of rotatable bonds is 8. The number of aryl methyl sites for hydroxylation is 2. The molecule has 0 aromatic carbocycles. The van der Waals surface area contributed by atoms with Crippen LogP contribution >= 0.6 is 0 Å². The van der Waals surface area contributed by atoms with Gasteiger partial charge in [0.1, 0.15) is 0 Å². The lowest BCUT2D eigenvalue weighted by Crippen LogP contribution is -2.28. The topological polar surface area (TPSA) is 55.9 Å². The van der Waals surface area contributed by atoms with Gasteiger partial charge in [-0.25, -0.2) is 0 Å². The van der Waals surface area contributed by atoms with E-state index in [1.807, 2.05) is 24.7 Å². The Morgan fingerprint density at radius 2 is 2.11 bits per heavy atom. The molecule has 0 amide bonds. The lowest BCUT2D eigenvalue weighted by atomic mass is 9.99. The van der Waals surface area contributed by atoms with Crippen LogP contribution in [-0.2, 0) is 7.05 Å². The Balaban J connectivity index is 2.57. The summed E-state index contributed by atoms with van der Waals surface area (Å²) in [5.41, 5.74) is 6.45. The van der Waals surface area contributed by atoms with Crippen LogP contribution in [0.25, 0.3) is 0 Å². The second kappa shape index (κ2) is 7.34. The lowest BCUT2D eigenvalue weighted by Gasteiger charge is -2.16. The minimum absolute atomic E-state index is 0.211. The molecule has 4 nitrogen and oxygen atoms in total. The van der Waals surface area contributed by atoms with Crippen molar-refractivity contribution in [1.82, 2.24) is 15.2 Å². The number of hydrazine groups is 1. The van der Waals surface area contributed by atoms with Gasteiger partial charge in [-0.2, -0.15) is 5.10 Å². The van der Waals surface area contributed by atoms with Crippen molar-refractivity contribution in [2.24, 2.45) is 12.9 Å². The molecule has 0 aliphatic carbocycles. The Morgan fingerprint density at radius 3 is 2.61 bits per heavy atom. The molecule has 1 atom stereocenters. The van der Waals surface area contributed by atoms with Gasteiger partial charge in [-0.15, -0.1) is 6.58 Å². The Morgan fingerprint density at radius 1 is 1.39 bits per heavy atom. The summed E-state index contributed by atoms with van der Waals surface area (Å²) in [5, 5.41) is 4.44. The van der Waals surface area contributed by atoms with Gasteiger partial charge in [-0.05, 0) is 33.1 Å². The van der Waals surface area contributed by atoms with Gasteiger partial charge in [-0.1, -0.05) is 18.9 Å². The Kier molecular flexibility index (Phi) is 6.09. The van der Waals surface area contributed by atoms with E-state index >= 15 is 0 Å². The number of aromatic nitrogens is 2. The molecule has 3 N–H and O–H groups in total. The smallest absolute Gasteiger partial charge is 0.0644 e. The first-order valence-electron chi connectivity index (χ1n) is 6.69. The zero-order valence-electron chi connectivity index (χ0n) is 11.9. The van der Waals surface area contributed by atoms with Gasteiger partial charge in [0.25, 0.3) is 0 Å². The van der Waals surface area contributed by atoms with Crippen molar-refractivity contribution in [2.75, 3.05) is 0 Å². The van der Waals surface area contributed by atoms with Crippen LogP contribution in [0.3, 0.4) is 0 Å². The highest BCUT2D eigenvalue weighted by Crippen LogP contribution is 2.25. The Hall–Kier alpha value is -1.13. The van der Waals surface area contributed by atoms with Crippen LogP contribution < -0.4 is 11.3 Å². The van der Waals surface area contributed by atoms with Crippen LogP contribution in [0, 0.1) is 13.8 Å². The fourth-order valence-corrected chi connectivity index (χ4v) is 2.42.